The first-order chi connectivity index (χ1) is 14.1. The van der Waals surface area contributed by atoms with Crippen LogP contribution in [0.3, 0.4) is 0 Å². The molecule has 1 fully saturated rings. The van der Waals surface area contributed by atoms with Crippen LogP contribution in [0, 0.1) is 11.8 Å². The Morgan fingerprint density at radius 3 is 2.29 bits per heavy atom. The third kappa shape index (κ3) is 8.00. The summed E-state index contributed by atoms with van der Waals surface area (Å²) in [4.78, 5) is 15.0. The van der Waals surface area contributed by atoms with Gasteiger partial charge in [0.05, 0.1) is 13.0 Å². The van der Waals surface area contributed by atoms with E-state index in [1.165, 1.54) is 5.56 Å². The van der Waals surface area contributed by atoms with Crippen LogP contribution in [0.1, 0.15) is 36.9 Å². The van der Waals surface area contributed by atoms with Crippen molar-refractivity contribution in [2.24, 2.45) is 17.6 Å². The Labute approximate surface area is 198 Å². The summed E-state index contributed by atoms with van der Waals surface area (Å²) in [6, 6.07) is 17.8. The van der Waals surface area contributed by atoms with Gasteiger partial charge in [-0.15, -0.1) is 24.8 Å². The number of halogens is 2. The fraction of sp³-hybridized carbons (Fsp3) is 0.458. The third-order valence-electron chi connectivity index (χ3n) is 5.97. The predicted molar refractivity (Wildman–Crippen MR) is 131 cm³/mol. The van der Waals surface area contributed by atoms with Gasteiger partial charge < -0.3 is 15.8 Å². The van der Waals surface area contributed by atoms with Gasteiger partial charge in [-0.1, -0.05) is 49.4 Å². The number of hydrogen-bond donors (Lipinski definition) is 2. The Balaban J connectivity index is 0.00000240. The number of hydrogen-bond acceptors (Lipinski definition) is 4. The van der Waals surface area contributed by atoms with Crippen LogP contribution in [-0.4, -0.2) is 37.6 Å². The van der Waals surface area contributed by atoms with Crippen LogP contribution in [-0.2, 0) is 11.3 Å². The van der Waals surface area contributed by atoms with E-state index >= 15 is 0 Å². The van der Waals surface area contributed by atoms with Gasteiger partial charge in [-0.25, -0.2) is 0 Å². The smallest absolute Gasteiger partial charge is 0.224 e. The monoisotopic (exact) mass is 467 g/mol. The van der Waals surface area contributed by atoms with E-state index < -0.39 is 0 Å². The molecule has 172 valence electrons. The summed E-state index contributed by atoms with van der Waals surface area (Å²) < 4.78 is 5.22. The highest BCUT2D eigenvalue weighted by atomic mass is 35.5. The molecule has 0 bridgehead atoms. The average Bonchev–Trinajstić information content (AvgIpc) is 2.78. The lowest BCUT2D eigenvalue weighted by Gasteiger charge is -2.32. The number of carbonyl (C=O) groups is 1. The fourth-order valence-electron chi connectivity index (χ4n) is 3.87. The molecule has 5 nitrogen and oxygen atoms in total. The van der Waals surface area contributed by atoms with E-state index in [9.17, 15) is 4.79 Å². The second-order valence-electron chi connectivity index (χ2n) is 8.04. The van der Waals surface area contributed by atoms with Gasteiger partial charge in [0, 0.05) is 19.1 Å². The van der Waals surface area contributed by atoms with Crippen molar-refractivity contribution < 1.29 is 9.53 Å². The Morgan fingerprint density at radius 1 is 1.10 bits per heavy atom. The molecular weight excluding hydrogens is 433 g/mol. The van der Waals surface area contributed by atoms with Crippen LogP contribution >= 0.6 is 24.8 Å². The lowest BCUT2D eigenvalue weighted by Crippen LogP contribution is -2.41. The Bertz CT molecular complexity index is 766. The quantitative estimate of drug-likeness (QED) is 0.610. The molecule has 0 aliphatic carbocycles. The second-order valence-corrected chi connectivity index (χ2v) is 8.04. The van der Waals surface area contributed by atoms with Crippen LogP contribution in [0.15, 0.2) is 54.6 Å². The van der Waals surface area contributed by atoms with Gasteiger partial charge in [-0.2, -0.15) is 0 Å². The van der Waals surface area contributed by atoms with E-state index in [0.717, 1.165) is 50.3 Å². The van der Waals surface area contributed by atoms with Crippen LogP contribution in [0.4, 0.5) is 0 Å². The van der Waals surface area contributed by atoms with Crippen LogP contribution < -0.4 is 15.8 Å². The van der Waals surface area contributed by atoms with E-state index in [2.05, 4.69) is 22.3 Å². The molecule has 1 amide bonds. The van der Waals surface area contributed by atoms with Crippen LogP contribution in [0.5, 0.6) is 5.75 Å². The van der Waals surface area contributed by atoms with Crippen molar-refractivity contribution in [3.05, 3.63) is 65.7 Å². The summed E-state index contributed by atoms with van der Waals surface area (Å²) >= 11 is 0. The number of piperidine rings is 1. The van der Waals surface area contributed by atoms with E-state index in [-0.39, 0.29) is 42.7 Å². The van der Waals surface area contributed by atoms with Gasteiger partial charge in [0.25, 0.3) is 0 Å². The van der Waals surface area contributed by atoms with Crippen molar-refractivity contribution in [2.45, 2.75) is 32.4 Å². The average molecular weight is 468 g/mol. The molecule has 0 saturated carbocycles. The first-order valence-corrected chi connectivity index (χ1v) is 10.5. The summed E-state index contributed by atoms with van der Waals surface area (Å²) in [5.74, 6) is 1.23. The number of amides is 1. The number of nitrogens with two attached hydrogens (primary N) is 1. The molecule has 3 rings (SSSR count). The van der Waals surface area contributed by atoms with Crippen molar-refractivity contribution in [2.75, 3.05) is 26.7 Å². The Kier molecular flexibility index (Phi) is 11.9. The molecule has 2 aromatic carbocycles. The highest BCUT2D eigenvalue weighted by Crippen LogP contribution is 2.21. The molecule has 0 aromatic heterocycles. The van der Waals surface area contributed by atoms with Crippen molar-refractivity contribution in [3.8, 4) is 5.75 Å². The highest BCUT2D eigenvalue weighted by Gasteiger charge is 2.24. The largest absolute Gasteiger partial charge is 0.497 e. The Morgan fingerprint density at radius 2 is 1.71 bits per heavy atom. The van der Waals surface area contributed by atoms with Crippen molar-refractivity contribution >= 4 is 30.7 Å². The van der Waals surface area contributed by atoms with Gasteiger partial charge in [0.15, 0.2) is 0 Å². The highest BCUT2D eigenvalue weighted by molar-refractivity contribution is 5.85. The van der Waals surface area contributed by atoms with Crippen LogP contribution in [0.2, 0.25) is 0 Å². The summed E-state index contributed by atoms with van der Waals surface area (Å²) in [5, 5.41) is 3.13. The fourth-order valence-corrected chi connectivity index (χ4v) is 3.87. The minimum atomic E-state index is -0.275. The molecule has 1 heterocycles. The summed E-state index contributed by atoms with van der Waals surface area (Å²) in [6.07, 6.45) is 2.21. The zero-order chi connectivity index (χ0) is 20.6. The first kappa shape index (κ1) is 27.2. The first-order valence-electron chi connectivity index (χ1n) is 10.5. The normalized spacial score (nSPS) is 16.4. The van der Waals surface area contributed by atoms with Crippen molar-refractivity contribution in [1.29, 1.82) is 0 Å². The third-order valence-corrected chi connectivity index (χ3v) is 5.97. The van der Waals surface area contributed by atoms with Gasteiger partial charge in [0.2, 0.25) is 5.91 Å². The number of carbonyl (C=O) groups excluding carboxylic acids is 1. The van der Waals surface area contributed by atoms with E-state index in [0.29, 0.717) is 5.92 Å². The minimum absolute atomic E-state index is 0. The van der Waals surface area contributed by atoms with Gasteiger partial charge in [-0.3, -0.25) is 9.69 Å². The molecule has 1 aliphatic heterocycles. The maximum Gasteiger partial charge on any atom is 0.224 e. The lowest BCUT2D eigenvalue weighted by atomic mass is 9.93. The number of likely N-dealkylation sites (tertiary alicyclic amines) is 1. The van der Waals surface area contributed by atoms with Crippen molar-refractivity contribution in [3.63, 3.8) is 0 Å². The SMILES string of the molecule is COc1ccc(CN2CCC(CNC(=O)C(C)C(N)c3ccccc3)CC2)cc1.Cl.Cl. The zero-order valence-corrected chi connectivity index (χ0v) is 20.0. The topological polar surface area (TPSA) is 67.6 Å². The number of rotatable bonds is 8. The molecule has 7 heteroatoms. The number of nitrogens with zero attached hydrogens (tertiary/aromatic N) is 1. The number of methoxy groups -OCH3 is 1. The van der Waals surface area contributed by atoms with Gasteiger partial charge >= 0.3 is 0 Å². The molecule has 2 atom stereocenters. The number of nitrogens with one attached hydrogen (secondary N) is 1. The molecule has 2 unspecified atom stereocenters. The predicted octanol–water partition coefficient (Wildman–Crippen LogP) is 4.20. The molecular formula is C24H35Cl2N3O2. The molecule has 31 heavy (non-hydrogen) atoms. The maximum atomic E-state index is 12.5. The molecule has 3 N–H and O–H groups in total. The molecule has 1 saturated heterocycles. The number of benzene rings is 2. The Hall–Kier alpha value is -1.79. The van der Waals surface area contributed by atoms with Gasteiger partial charge in [-0.05, 0) is 55.1 Å². The summed E-state index contributed by atoms with van der Waals surface area (Å²) in [5.41, 5.74) is 8.59. The maximum absolute atomic E-state index is 12.5. The van der Waals surface area contributed by atoms with Gasteiger partial charge in [0.1, 0.15) is 5.75 Å². The second kappa shape index (κ2) is 13.6. The van der Waals surface area contributed by atoms with E-state index in [1.807, 2.05) is 49.4 Å². The zero-order valence-electron chi connectivity index (χ0n) is 18.3. The summed E-state index contributed by atoms with van der Waals surface area (Å²) in [7, 11) is 1.69. The van der Waals surface area contributed by atoms with E-state index in [4.69, 9.17) is 10.5 Å². The molecule has 1 aliphatic rings. The molecule has 0 radical (unpaired) electrons. The van der Waals surface area contributed by atoms with Crippen LogP contribution in [0.25, 0.3) is 0 Å². The lowest BCUT2D eigenvalue weighted by molar-refractivity contribution is -0.125. The summed E-state index contributed by atoms with van der Waals surface area (Å²) in [6.45, 7) is 5.73. The van der Waals surface area contributed by atoms with Crippen molar-refractivity contribution in [1.82, 2.24) is 10.2 Å². The standard InChI is InChI=1S/C24H33N3O2.2ClH/c1-18(23(25)21-6-4-3-5-7-21)24(28)26-16-19-12-14-27(15-13-19)17-20-8-10-22(29-2)11-9-20;;/h3-11,18-19,23H,12-17,25H2,1-2H3,(H,26,28);2*1H. The molecule has 0 spiro atoms. The minimum Gasteiger partial charge on any atom is -0.497 e. The number of ether oxygens (including phenoxy) is 1. The van der Waals surface area contributed by atoms with E-state index in [1.54, 1.807) is 7.11 Å². The molecule has 2 aromatic rings.